The molecule has 1 aliphatic heterocycles. The van der Waals surface area contributed by atoms with Gasteiger partial charge in [0.05, 0.1) is 18.8 Å². The van der Waals surface area contributed by atoms with E-state index in [1.54, 1.807) is 0 Å². The van der Waals surface area contributed by atoms with E-state index >= 15 is 0 Å². The highest BCUT2D eigenvalue weighted by Crippen LogP contribution is 2.47. The summed E-state index contributed by atoms with van der Waals surface area (Å²) in [4.78, 5) is 0. The van der Waals surface area contributed by atoms with Crippen LogP contribution in [0.4, 0.5) is 0 Å². The van der Waals surface area contributed by atoms with Crippen molar-refractivity contribution in [2.75, 3.05) is 20.3 Å². The quantitative estimate of drug-likeness (QED) is 0.656. The molecule has 1 spiro atoms. The normalized spacial score (nSPS) is 30.0. The molecule has 76 valence electrons. The maximum Gasteiger partial charge on any atom is 0.0676 e. The van der Waals surface area contributed by atoms with Gasteiger partial charge in [-0.2, -0.15) is 0 Å². The molecule has 0 bridgehead atoms. The van der Waals surface area contributed by atoms with Crippen molar-refractivity contribution in [1.29, 1.82) is 0 Å². The van der Waals surface area contributed by atoms with Crippen molar-refractivity contribution in [2.24, 2.45) is 5.41 Å². The molecule has 2 nitrogen and oxygen atoms in total. The summed E-state index contributed by atoms with van der Waals surface area (Å²) in [6, 6.07) is 0. The van der Waals surface area contributed by atoms with E-state index in [-0.39, 0.29) is 5.60 Å². The fraction of sp³-hybridized carbons (Fsp3) is 1.00. The van der Waals surface area contributed by atoms with Gasteiger partial charge in [0.25, 0.3) is 0 Å². The highest BCUT2D eigenvalue weighted by molar-refractivity contribution is 4.96. The SMILES string of the molecule is CCC1(OC)CCC2(CC1)COC2. The van der Waals surface area contributed by atoms with E-state index in [9.17, 15) is 0 Å². The van der Waals surface area contributed by atoms with E-state index < -0.39 is 0 Å². The first-order valence-electron chi connectivity index (χ1n) is 5.37. The number of methoxy groups -OCH3 is 1. The van der Waals surface area contributed by atoms with Crippen LogP contribution in [-0.2, 0) is 9.47 Å². The van der Waals surface area contributed by atoms with Crippen molar-refractivity contribution in [3.63, 3.8) is 0 Å². The van der Waals surface area contributed by atoms with Crippen molar-refractivity contribution in [3.05, 3.63) is 0 Å². The van der Waals surface area contributed by atoms with Crippen LogP contribution in [0.15, 0.2) is 0 Å². The zero-order valence-corrected chi connectivity index (χ0v) is 8.77. The van der Waals surface area contributed by atoms with Crippen LogP contribution in [0.2, 0.25) is 0 Å². The predicted molar refractivity (Wildman–Crippen MR) is 51.8 cm³/mol. The molecule has 0 atom stereocenters. The molecule has 1 aliphatic carbocycles. The van der Waals surface area contributed by atoms with Gasteiger partial charge in [-0.15, -0.1) is 0 Å². The topological polar surface area (TPSA) is 18.5 Å². The van der Waals surface area contributed by atoms with Gasteiger partial charge in [0.15, 0.2) is 0 Å². The van der Waals surface area contributed by atoms with Crippen LogP contribution >= 0.6 is 0 Å². The molecule has 2 aliphatic rings. The third-order valence-corrected chi connectivity index (χ3v) is 4.12. The van der Waals surface area contributed by atoms with Gasteiger partial charge in [0, 0.05) is 12.5 Å². The molecule has 0 aromatic rings. The van der Waals surface area contributed by atoms with Crippen LogP contribution in [0, 0.1) is 5.41 Å². The molecule has 0 aromatic carbocycles. The molecule has 13 heavy (non-hydrogen) atoms. The second-order valence-electron chi connectivity index (χ2n) is 4.73. The molecular formula is C11H20O2. The lowest BCUT2D eigenvalue weighted by atomic mass is 9.67. The van der Waals surface area contributed by atoms with Crippen molar-refractivity contribution >= 4 is 0 Å². The molecule has 0 amide bonds. The maximum atomic E-state index is 5.65. The molecule has 2 rings (SSSR count). The lowest BCUT2D eigenvalue weighted by molar-refractivity contribution is -0.166. The smallest absolute Gasteiger partial charge is 0.0676 e. The third-order valence-electron chi connectivity index (χ3n) is 4.12. The summed E-state index contributed by atoms with van der Waals surface area (Å²) in [5, 5.41) is 0. The van der Waals surface area contributed by atoms with Crippen LogP contribution in [0.3, 0.4) is 0 Å². The van der Waals surface area contributed by atoms with Crippen LogP contribution in [0.1, 0.15) is 39.0 Å². The van der Waals surface area contributed by atoms with E-state index in [0.29, 0.717) is 5.41 Å². The molecule has 0 radical (unpaired) electrons. The Morgan fingerprint density at radius 2 is 1.77 bits per heavy atom. The zero-order chi connectivity index (χ0) is 9.36. The molecular weight excluding hydrogens is 164 g/mol. The van der Waals surface area contributed by atoms with Crippen molar-refractivity contribution < 1.29 is 9.47 Å². The number of hydrogen-bond acceptors (Lipinski definition) is 2. The molecule has 1 saturated carbocycles. The number of hydrogen-bond donors (Lipinski definition) is 0. The lowest BCUT2D eigenvalue weighted by Gasteiger charge is -2.49. The summed E-state index contributed by atoms with van der Waals surface area (Å²) in [5.41, 5.74) is 0.748. The van der Waals surface area contributed by atoms with Crippen molar-refractivity contribution in [3.8, 4) is 0 Å². The Labute approximate surface area is 80.6 Å². The summed E-state index contributed by atoms with van der Waals surface area (Å²) in [5.74, 6) is 0. The molecule has 0 unspecified atom stereocenters. The summed E-state index contributed by atoms with van der Waals surface area (Å²) < 4.78 is 11.0. The second kappa shape index (κ2) is 3.25. The third kappa shape index (κ3) is 1.50. The van der Waals surface area contributed by atoms with Gasteiger partial charge < -0.3 is 9.47 Å². The minimum absolute atomic E-state index is 0.195. The zero-order valence-electron chi connectivity index (χ0n) is 8.77. The van der Waals surface area contributed by atoms with Gasteiger partial charge in [-0.25, -0.2) is 0 Å². The average Bonchev–Trinajstić information content (AvgIpc) is 2.16. The molecule has 1 saturated heterocycles. The van der Waals surface area contributed by atoms with Crippen LogP contribution in [0.25, 0.3) is 0 Å². The Morgan fingerprint density at radius 3 is 2.08 bits per heavy atom. The van der Waals surface area contributed by atoms with Gasteiger partial charge in [0.1, 0.15) is 0 Å². The Morgan fingerprint density at radius 1 is 1.15 bits per heavy atom. The molecule has 1 heterocycles. The van der Waals surface area contributed by atoms with Gasteiger partial charge in [0.2, 0.25) is 0 Å². The Hall–Kier alpha value is -0.0800. The van der Waals surface area contributed by atoms with Crippen LogP contribution < -0.4 is 0 Å². The minimum Gasteiger partial charge on any atom is -0.380 e. The fourth-order valence-corrected chi connectivity index (χ4v) is 2.62. The summed E-state index contributed by atoms with van der Waals surface area (Å²) in [7, 11) is 1.86. The lowest BCUT2D eigenvalue weighted by Crippen LogP contribution is -2.49. The molecule has 2 heteroatoms. The van der Waals surface area contributed by atoms with Crippen LogP contribution in [-0.4, -0.2) is 25.9 Å². The van der Waals surface area contributed by atoms with E-state index in [1.165, 1.54) is 25.7 Å². The Bertz CT molecular complexity index is 169. The summed E-state index contributed by atoms with van der Waals surface area (Å²) in [6.45, 7) is 4.23. The molecule has 2 fully saturated rings. The fourth-order valence-electron chi connectivity index (χ4n) is 2.62. The van der Waals surface area contributed by atoms with Crippen LogP contribution in [0.5, 0.6) is 0 Å². The van der Waals surface area contributed by atoms with E-state index in [4.69, 9.17) is 9.47 Å². The first-order valence-corrected chi connectivity index (χ1v) is 5.37. The highest BCUT2D eigenvalue weighted by atomic mass is 16.5. The first-order chi connectivity index (χ1) is 6.24. The van der Waals surface area contributed by atoms with E-state index in [0.717, 1.165) is 19.6 Å². The molecule has 0 aromatic heterocycles. The first kappa shape index (κ1) is 9.47. The highest BCUT2D eigenvalue weighted by Gasteiger charge is 2.46. The monoisotopic (exact) mass is 184 g/mol. The largest absolute Gasteiger partial charge is 0.380 e. The summed E-state index contributed by atoms with van der Waals surface area (Å²) in [6.07, 6.45) is 6.20. The van der Waals surface area contributed by atoms with E-state index in [2.05, 4.69) is 6.92 Å². The van der Waals surface area contributed by atoms with E-state index in [1.807, 2.05) is 7.11 Å². The number of rotatable bonds is 2. The Kier molecular flexibility index (Phi) is 2.37. The average molecular weight is 184 g/mol. The maximum absolute atomic E-state index is 5.65. The Balaban J connectivity index is 1.94. The van der Waals surface area contributed by atoms with Gasteiger partial charge in [-0.1, -0.05) is 6.92 Å². The molecule has 0 N–H and O–H groups in total. The van der Waals surface area contributed by atoms with Crippen molar-refractivity contribution in [1.82, 2.24) is 0 Å². The summed E-state index contributed by atoms with van der Waals surface area (Å²) >= 11 is 0. The van der Waals surface area contributed by atoms with Crippen molar-refractivity contribution in [2.45, 2.75) is 44.6 Å². The predicted octanol–water partition coefficient (Wildman–Crippen LogP) is 2.37. The second-order valence-corrected chi connectivity index (χ2v) is 4.73. The minimum atomic E-state index is 0.195. The van der Waals surface area contributed by atoms with Gasteiger partial charge in [-0.3, -0.25) is 0 Å². The number of ether oxygens (including phenoxy) is 2. The standard InChI is InChI=1S/C11H20O2/c1-3-11(12-2)6-4-10(5-7-11)8-13-9-10/h3-9H2,1-2H3. The van der Waals surface area contributed by atoms with Gasteiger partial charge in [-0.05, 0) is 32.1 Å². The van der Waals surface area contributed by atoms with Gasteiger partial charge >= 0.3 is 0 Å².